The molecule has 2 N–H and O–H groups in total. The van der Waals surface area contributed by atoms with Crippen LogP contribution in [0.4, 0.5) is 4.79 Å². The number of hydrogen-bond donors (Lipinski definition) is 1. The lowest BCUT2D eigenvalue weighted by atomic mass is 10.1. The summed E-state index contributed by atoms with van der Waals surface area (Å²) in [6, 6.07) is 12.1. The Kier molecular flexibility index (Phi) is 6.13. The molecule has 0 bridgehead atoms. The highest BCUT2D eigenvalue weighted by Gasteiger charge is 2.36. The molecule has 11 heteroatoms. The van der Waals surface area contributed by atoms with Crippen LogP contribution in [0.2, 0.25) is 0 Å². The average molecular weight is 448 g/mol. The smallest absolute Gasteiger partial charge is 0.339 e. The van der Waals surface area contributed by atoms with E-state index in [9.17, 15) is 22.8 Å². The number of carbonyl (C=O) groups is 3. The second-order valence-electron chi connectivity index (χ2n) is 5.96. The quantitative estimate of drug-likeness (QED) is 0.502. The highest BCUT2D eigenvalue weighted by atomic mass is 32.2. The minimum absolute atomic E-state index is 0.0172. The zero-order valence-electron chi connectivity index (χ0n) is 15.6. The van der Waals surface area contributed by atoms with E-state index < -0.39 is 33.7 Å². The fourth-order valence-electron chi connectivity index (χ4n) is 2.57. The summed E-state index contributed by atoms with van der Waals surface area (Å²) in [5.41, 5.74) is 5.26. The van der Waals surface area contributed by atoms with Gasteiger partial charge in [0.05, 0.1) is 12.0 Å². The SMILES string of the molecule is COc1cccc(/C=C2\SC(=O)N(CC(N)=O)C2=O)c1OS(=O)(=O)c1ccccc1. The van der Waals surface area contributed by atoms with E-state index in [-0.39, 0.29) is 26.9 Å². The molecule has 0 radical (unpaired) electrons. The lowest BCUT2D eigenvalue weighted by Gasteiger charge is -2.13. The second-order valence-corrected chi connectivity index (χ2v) is 8.50. The molecule has 1 heterocycles. The van der Waals surface area contributed by atoms with Gasteiger partial charge in [-0.25, -0.2) is 0 Å². The zero-order valence-corrected chi connectivity index (χ0v) is 17.2. The number of primary amides is 1. The van der Waals surface area contributed by atoms with Crippen LogP contribution in [0.3, 0.4) is 0 Å². The Morgan fingerprint density at radius 2 is 1.83 bits per heavy atom. The van der Waals surface area contributed by atoms with Crippen molar-refractivity contribution in [1.29, 1.82) is 0 Å². The molecule has 1 aliphatic rings. The molecule has 30 heavy (non-hydrogen) atoms. The van der Waals surface area contributed by atoms with Gasteiger partial charge in [0.1, 0.15) is 11.4 Å². The van der Waals surface area contributed by atoms with Crippen LogP contribution in [-0.4, -0.2) is 44.0 Å². The highest BCUT2D eigenvalue weighted by Crippen LogP contribution is 2.38. The van der Waals surface area contributed by atoms with Crippen molar-refractivity contribution in [3.8, 4) is 11.5 Å². The third kappa shape index (κ3) is 4.47. The van der Waals surface area contributed by atoms with Gasteiger partial charge >= 0.3 is 10.1 Å². The predicted molar refractivity (Wildman–Crippen MR) is 109 cm³/mol. The Hall–Kier alpha value is -3.31. The number of nitrogens with zero attached hydrogens (tertiary/aromatic N) is 1. The molecular formula is C19H16N2O7S2. The van der Waals surface area contributed by atoms with Gasteiger partial charge in [0, 0.05) is 5.56 Å². The van der Waals surface area contributed by atoms with Crippen molar-refractivity contribution in [3.05, 3.63) is 59.0 Å². The predicted octanol–water partition coefficient (Wildman–Crippen LogP) is 1.98. The lowest BCUT2D eigenvalue weighted by Crippen LogP contribution is -2.36. The number of hydrogen-bond acceptors (Lipinski definition) is 8. The van der Waals surface area contributed by atoms with Gasteiger partial charge in [-0.3, -0.25) is 19.3 Å². The minimum atomic E-state index is -4.19. The largest absolute Gasteiger partial charge is 0.493 e. The van der Waals surface area contributed by atoms with Crippen LogP contribution >= 0.6 is 11.8 Å². The first-order valence-corrected chi connectivity index (χ1v) is 10.7. The highest BCUT2D eigenvalue weighted by molar-refractivity contribution is 8.18. The van der Waals surface area contributed by atoms with Gasteiger partial charge in [-0.1, -0.05) is 30.3 Å². The van der Waals surface area contributed by atoms with E-state index in [1.54, 1.807) is 24.3 Å². The van der Waals surface area contributed by atoms with E-state index in [1.165, 1.54) is 37.5 Å². The molecule has 0 aromatic heterocycles. The topological polar surface area (TPSA) is 133 Å². The maximum absolute atomic E-state index is 12.7. The number of para-hydroxylation sites is 1. The second kappa shape index (κ2) is 8.59. The average Bonchev–Trinajstić information content (AvgIpc) is 2.96. The molecule has 0 saturated carbocycles. The van der Waals surface area contributed by atoms with Crippen LogP contribution in [0.15, 0.2) is 58.3 Å². The Labute approximate surface area is 176 Å². The van der Waals surface area contributed by atoms with E-state index in [0.29, 0.717) is 16.7 Å². The number of nitrogens with two attached hydrogens (primary N) is 1. The first kappa shape index (κ1) is 21.4. The van der Waals surface area contributed by atoms with E-state index in [4.69, 9.17) is 14.7 Å². The van der Waals surface area contributed by atoms with Crippen LogP contribution in [0.25, 0.3) is 6.08 Å². The fraction of sp³-hybridized carbons (Fsp3) is 0.105. The Morgan fingerprint density at radius 1 is 1.13 bits per heavy atom. The monoisotopic (exact) mass is 448 g/mol. The molecule has 3 rings (SSSR count). The first-order chi connectivity index (χ1) is 14.2. The summed E-state index contributed by atoms with van der Waals surface area (Å²) in [5, 5.41) is -0.660. The van der Waals surface area contributed by atoms with Crippen molar-refractivity contribution in [1.82, 2.24) is 4.90 Å². The first-order valence-electron chi connectivity index (χ1n) is 8.43. The van der Waals surface area contributed by atoms with Gasteiger partial charge in [-0.15, -0.1) is 0 Å². The lowest BCUT2D eigenvalue weighted by molar-refractivity contribution is -0.127. The van der Waals surface area contributed by atoms with Gasteiger partial charge < -0.3 is 14.7 Å². The Balaban J connectivity index is 2.01. The zero-order chi connectivity index (χ0) is 21.9. The number of benzene rings is 2. The standard InChI is InChI=1S/C19H16N2O7S2/c1-27-14-9-5-6-12(10-15-18(23)21(11-16(20)22)19(24)29-15)17(14)28-30(25,26)13-7-3-2-4-8-13/h2-10H,11H2,1H3,(H2,20,22)/b15-10-. The Bertz CT molecular complexity index is 1140. The Morgan fingerprint density at radius 3 is 2.47 bits per heavy atom. The summed E-state index contributed by atoms with van der Waals surface area (Å²) >= 11 is 0.600. The summed E-state index contributed by atoms with van der Waals surface area (Å²) in [6.07, 6.45) is 1.30. The molecule has 1 fully saturated rings. The third-order valence-electron chi connectivity index (χ3n) is 3.93. The van der Waals surface area contributed by atoms with Crippen LogP contribution in [0, 0.1) is 0 Å². The molecular weight excluding hydrogens is 432 g/mol. The van der Waals surface area contributed by atoms with Crippen molar-refractivity contribution in [2.45, 2.75) is 4.90 Å². The van der Waals surface area contributed by atoms with Gasteiger partial charge in [0.25, 0.3) is 11.1 Å². The van der Waals surface area contributed by atoms with Gasteiger partial charge in [0.2, 0.25) is 5.91 Å². The number of amides is 3. The van der Waals surface area contributed by atoms with Crippen LogP contribution in [0.5, 0.6) is 11.5 Å². The van der Waals surface area contributed by atoms with Gasteiger partial charge in [0.15, 0.2) is 11.5 Å². The summed E-state index contributed by atoms with van der Waals surface area (Å²) in [5.74, 6) is -1.59. The summed E-state index contributed by atoms with van der Waals surface area (Å²) in [4.78, 5) is 36.2. The van der Waals surface area contributed by atoms with E-state index in [2.05, 4.69) is 0 Å². The van der Waals surface area contributed by atoms with E-state index in [0.717, 1.165) is 0 Å². The normalized spacial score (nSPS) is 15.5. The molecule has 0 unspecified atom stereocenters. The van der Waals surface area contributed by atoms with Crippen molar-refractivity contribution >= 4 is 45.0 Å². The molecule has 0 spiro atoms. The van der Waals surface area contributed by atoms with Crippen LogP contribution in [-0.2, 0) is 19.7 Å². The number of rotatable bonds is 7. The maximum Gasteiger partial charge on any atom is 0.339 e. The van der Waals surface area contributed by atoms with Crippen molar-refractivity contribution in [2.24, 2.45) is 5.73 Å². The molecule has 2 aromatic carbocycles. The van der Waals surface area contributed by atoms with E-state index in [1.807, 2.05) is 0 Å². The number of ether oxygens (including phenoxy) is 1. The van der Waals surface area contributed by atoms with Crippen LogP contribution < -0.4 is 14.7 Å². The van der Waals surface area contributed by atoms with Crippen molar-refractivity contribution < 1.29 is 31.7 Å². The van der Waals surface area contributed by atoms with Gasteiger partial charge in [-0.2, -0.15) is 8.42 Å². The number of carbonyl (C=O) groups excluding carboxylic acids is 3. The van der Waals surface area contributed by atoms with E-state index >= 15 is 0 Å². The molecule has 156 valence electrons. The maximum atomic E-state index is 12.7. The third-order valence-corrected chi connectivity index (χ3v) is 6.07. The summed E-state index contributed by atoms with van der Waals surface area (Å²) in [6.45, 7) is -0.550. The summed E-state index contributed by atoms with van der Waals surface area (Å²) in [7, 11) is -2.86. The minimum Gasteiger partial charge on any atom is -0.493 e. The fourth-order valence-corrected chi connectivity index (χ4v) is 4.39. The number of thioether (sulfide) groups is 1. The number of methoxy groups -OCH3 is 1. The molecule has 3 amide bonds. The molecule has 1 aliphatic heterocycles. The van der Waals surface area contributed by atoms with Gasteiger partial charge in [-0.05, 0) is 36.0 Å². The molecule has 0 atom stereocenters. The molecule has 2 aromatic rings. The van der Waals surface area contributed by atoms with Crippen LogP contribution in [0.1, 0.15) is 5.56 Å². The number of imide groups is 1. The molecule has 0 aliphatic carbocycles. The van der Waals surface area contributed by atoms with Crippen molar-refractivity contribution in [3.63, 3.8) is 0 Å². The molecule has 1 saturated heterocycles. The molecule has 9 nitrogen and oxygen atoms in total. The summed E-state index contributed by atoms with van der Waals surface area (Å²) < 4.78 is 35.8. The van der Waals surface area contributed by atoms with Crippen molar-refractivity contribution in [2.75, 3.05) is 13.7 Å².